The molecule has 0 aliphatic heterocycles. The predicted octanol–water partition coefficient (Wildman–Crippen LogP) is 1.40. The van der Waals surface area contributed by atoms with Crippen LogP contribution >= 0.6 is 0 Å². The average molecular weight is 289 g/mol. The van der Waals surface area contributed by atoms with Gasteiger partial charge in [-0.2, -0.15) is 0 Å². The zero-order chi connectivity index (χ0) is 14.6. The van der Waals surface area contributed by atoms with Crippen LogP contribution in [0.3, 0.4) is 0 Å². The maximum absolute atomic E-state index is 13.6. The summed E-state index contributed by atoms with van der Waals surface area (Å²) in [6, 6.07) is 4.39. The number of ether oxygens (including phenoxy) is 1. The van der Waals surface area contributed by atoms with Crippen molar-refractivity contribution in [1.29, 1.82) is 0 Å². The van der Waals surface area contributed by atoms with E-state index >= 15 is 0 Å². The molecule has 0 saturated carbocycles. The van der Waals surface area contributed by atoms with Gasteiger partial charge in [0, 0.05) is 12.3 Å². The Kier molecular flexibility index (Phi) is 5.31. The molecule has 4 nitrogen and oxygen atoms in total. The maximum atomic E-state index is 13.6. The third kappa shape index (κ3) is 4.18. The van der Waals surface area contributed by atoms with Crippen molar-refractivity contribution in [3.63, 3.8) is 0 Å². The molecule has 0 aliphatic rings. The Balaban J connectivity index is 2.90. The lowest BCUT2D eigenvalue weighted by molar-refractivity contribution is 0.386. The minimum atomic E-state index is -3.14. The van der Waals surface area contributed by atoms with Crippen molar-refractivity contribution in [3.8, 4) is 5.75 Å². The van der Waals surface area contributed by atoms with Crippen LogP contribution in [0.1, 0.15) is 12.5 Å². The number of hydrogen-bond acceptors (Lipinski definition) is 4. The van der Waals surface area contributed by atoms with Crippen molar-refractivity contribution in [3.05, 3.63) is 29.6 Å². The summed E-state index contributed by atoms with van der Waals surface area (Å²) >= 11 is 0. The van der Waals surface area contributed by atoms with Gasteiger partial charge in [-0.25, -0.2) is 12.8 Å². The third-order valence-corrected chi connectivity index (χ3v) is 4.96. The molecule has 108 valence electrons. The van der Waals surface area contributed by atoms with Crippen molar-refractivity contribution in [2.45, 2.75) is 24.6 Å². The number of methoxy groups -OCH3 is 1. The molecule has 0 fully saturated rings. The summed E-state index contributed by atoms with van der Waals surface area (Å²) in [5, 5.41) is 2.43. The molecule has 0 saturated heterocycles. The summed E-state index contributed by atoms with van der Waals surface area (Å²) in [6.07, 6.45) is 1.64. The zero-order valence-electron chi connectivity index (χ0n) is 11.6. The lowest BCUT2D eigenvalue weighted by Gasteiger charge is -2.22. The molecular formula is C13H20FNO3S. The molecule has 2 unspecified atom stereocenters. The van der Waals surface area contributed by atoms with Crippen LogP contribution in [0.5, 0.6) is 5.75 Å². The molecule has 1 aromatic rings. The molecule has 1 rings (SSSR count). The molecule has 0 aromatic heterocycles. The summed E-state index contributed by atoms with van der Waals surface area (Å²) in [5.41, 5.74) is 0.730. The minimum Gasteiger partial charge on any atom is -0.494 e. The molecule has 0 aliphatic carbocycles. The second kappa shape index (κ2) is 6.34. The highest BCUT2D eigenvalue weighted by atomic mass is 32.2. The second-order valence-electron chi connectivity index (χ2n) is 4.60. The quantitative estimate of drug-likeness (QED) is 0.860. The maximum Gasteiger partial charge on any atom is 0.165 e. The molecule has 1 aromatic carbocycles. The van der Waals surface area contributed by atoms with Gasteiger partial charge in [0.25, 0.3) is 0 Å². The molecule has 0 spiro atoms. The first kappa shape index (κ1) is 15.9. The van der Waals surface area contributed by atoms with Crippen LogP contribution in [0.25, 0.3) is 0 Å². The van der Waals surface area contributed by atoms with E-state index in [9.17, 15) is 12.8 Å². The number of halogens is 1. The van der Waals surface area contributed by atoms with Gasteiger partial charge in [-0.1, -0.05) is 6.07 Å². The normalized spacial score (nSPS) is 15.0. The fourth-order valence-corrected chi connectivity index (χ4v) is 2.72. The largest absolute Gasteiger partial charge is 0.494 e. The summed E-state index contributed by atoms with van der Waals surface area (Å²) in [4.78, 5) is 0. The minimum absolute atomic E-state index is 0.181. The van der Waals surface area contributed by atoms with Gasteiger partial charge in [-0.15, -0.1) is 0 Å². The molecule has 2 atom stereocenters. The topological polar surface area (TPSA) is 55.4 Å². The molecule has 1 N–H and O–H groups in total. The first-order valence-electron chi connectivity index (χ1n) is 5.98. The molecular weight excluding hydrogens is 269 g/mol. The van der Waals surface area contributed by atoms with Gasteiger partial charge in [-0.3, -0.25) is 0 Å². The first-order chi connectivity index (χ1) is 8.79. The van der Waals surface area contributed by atoms with Crippen molar-refractivity contribution < 1.29 is 17.5 Å². The number of rotatable bonds is 6. The SMILES string of the molecule is CNC(Cc1ccc(OC)c(F)c1)C(C)S(C)(=O)=O. The predicted molar refractivity (Wildman–Crippen MR) is 73.8 cm³/mol. The highest BCUT2D eigenvalue weighted by Crippen LogP contribution is 2.19. The van der Waals surface area contributed by atoms with E-state index in [4.69, 9.17) is 4.74 Å². The molecule has 19 heavy (non-hydrogen) atoms. The van der Waals surface area contributed by atoms with Crippen molar-refractivity contribution in [2.75, 3.05) is 20.4 Å². The van der Waals surface area contributed by atoms with E-state index in [1.165, 1.54) is 19.4 Å². The van der Waals surface area contributed by atoms with Crippen LogP contribution < -0.4 is 10.1 Å². The van der Waals surface area contributed by atoms with Crippen LogP contribution in [-0.4, -0.2) is 40.1 Å². The number of nitrogens with one attached hydrogen (secondary N) is 1. The van der Waals surface area contributed by atoms with E-state index in [2.05, 4.69) is 5.32 Å². The Hall–Kier alpha value is -1.14. The highest BCUT2D eigenvalue weighted by Gasteiger charge is 2.25. The second-order valence-corrected chi connectivity index (χ2v) is 7.01. The highest BCUT2D eigenvalue weighted by molar-refractivity contribution is 7.91. The standard InChI is InChI=1S/C13H20FNO3S/c1-9(19(4,16)17)12(15-2)8-10-5-6-13(18-3)11(14)7-10/h5-7,9,12,15H,8H2,1-4H3. The third-order valence-electron chi connectivity index (χ3n) is 3.28. The van der Waals surface area contributed by atoms with Gasteiger partial charge in [-0.05, 0) is 38.1 Å². The Labute approximate surface area is 113 Å². The lowest BCUT2D eigenvalue weighted by atomic mass is 10.0. The fraction of sp³-hybridized carbons (Fsp3) is 0.538. The van der Waals surface area contributed by atoms with E-state index in [1.54, 1.807) is 26.1 Å². The average Bonchev–Trinajstić information content (AvgIpc) is 2.34. The fourth-order valence-electron chi connectivity index (χ4n) is 1.89. The summed E-state index contributed by atoms with van der Waals surface area (Å²) < 4.78 is 41.5. The van der Waals surface area contributed by atoms with Crippen LogP contribution in [0.2, 0.25) is 0 Å². The monoisotopic (exact) mass is 289 g/mol. The van der Waals surface area contributed by atoms with Crippen LogP contribution in [0.15, 0.2) is 18.2 Å². The smallest absolute Gasteiger partial charge is 0.165 e. The number of sulfone groups is 1. The van der Waals surface area contributed by atoms with E-state index < -0.39 is 20.9 Å². The van der Waals surface area contributed by atoms with Gasteiger partial charge < -0.3 is 10.1 Å². The van der Waals surface area contributed by atoms with Gasteiger partial charge in [0.2, 0.25) is 0 Å². The molecule has 0 bridgehead atoms. The molecule has 0 amide bonds. The first-order valence-corrected chi connectivity index (χ1v) is 7.93. The van der Waals surface area contributed by atoms with E-state index in [0.717, 1.165) is 5.56 Å². The summed E-state index contributed by atoms with van der Waals surface area (Å²) in [5.74, 6) is -0.261. The van der Waals surface area contributed by atoms with E-state index in [-0.39, 0.29) is 11.8 Å². The molecule has 0 heterocycles. The van der Waals surface area contributed by atoms with Crippen molar-refractivity contribution in [1.82, 2.24) is 5.32 Å². The summed E-state index contributed by atoms with van der Waals surface area (Å²) in [7, 11) is -0.0345. The Bertz CT molecular complexity index is 531. The van der Waals surface area contributed by atoms with Gasteiger partial charge in [0.1, 0.15) is 0 Å². The Morgan fingerprint density at radius 3 is 2.47 bits per heavy atom. The Morgan fingerprint density at radius 1 is 1.42 bits per heavy atom. The van der Waals surface area contributed by atoms with Crippen LogP contribution in [-0.2, 0) is 16.3 Å². The number of benzene rings is 1. The van der Waals surface area contributed by atoms with Crippen LogP contribution in [0, 0.1) is 5.82 Å². The van der Waals surface area contributed by atoms with Gasteiger partial charge in [0.15, 0.2) is 21.4 Å². The lowest BCUT2D eigenvalue weighted by Crippen LogP contribution is -2.41. The molecule has 6 heteroatoms. The summed E-state index contributed by atoms with van der Waals surface area (Å²) in [6.45, 7) is 1.65. The van der Waals surface area contributed by atoms with Crippen molar-refractivity contribution >= 4 is 9.84 Å². The number of hydrogen-bond donors (Lipinski definition) is 1. The van der Waals surface area contributed by atoms with Gasteiger partial charge >= 0.3 is 0 Å². The van der Waals surface area contributed by atoms with Crippen LogP contribution in [0.4, 0.5) is 4.39 Å². The van der Waals surface area contributed by atoms with E-state index in [0.29, 0.717) is 6.42 Å². The zero-order valence-corrected chi connectivity index (χ0v) is 12.4. The van der Waals surface area contributed by atoms with Crippen molar-refractivity contribution in [2.24, 2.45) is 0 Å². The van der Waals surface area contributed by atoms with Gasteiger partial charge in [0.05, 0.1) is 12.4 Å². The number of likely N-dealkylation sites (N-methyl/N-ethyl adjacent to an activating group) is 1. The van der Waals surface area contributed by atoms with E-state index in [1.807, 2.05) is 0 Å². The molecule has 0 radical (unpaired) electrons. The Morgan fingerprint density at radius 2 is 2.05 bits per heavy atom.